The van der Waals surface area contributed by atoms with Gasteiger partial charge in [-0.1, -0.05) is 12.1 Å². The number of H-pyrrole nitrogens is 1. The molecule has 0 aliphatic rings. The summed E-state index contributed by atoms with van der Waals surface area (Å²) in [6.07, 6.45) is -3.14. The number of rotatable bonds is 5. The third-order valence-electron chi connectivity index (χ3n) is 3.94. The second-order valence-corrected chi connectivity index (χ2v) is 7.74. The number of aromatic nitrogens is 2. The molecule has 6 nitrogen and oxygen atoms in total. The van der Waals surface area contributed by atoms with Gasteiger partial charge < -0.3 is 10.1 Å². The number of nitrogens with one attached hydrogen (secondary N) is 2. The maximum Gasteiger partial charge on any atom is 0.431 e. The fraction of sp³-hybridized carbons (Fsp3) is 0.235. The number of benzene rings is 1. The van der Waals surface area contributed by atoms with Gasteiger partial charge in [0.05, 0.1) is 11.5 Å². The van der Waals surface area contributed by atoms with Gasteiger partial charge in [-0.25, -0.2) is 18.1 Å². The second kappa shape index (κ2) is 8.08. The number of alkyl halides is 3. The van der Waals surface area contributed by atoms with Crippen LogP contribution >= 0.6 is 12.4 Å². The lowest BCUT2D eigenvalue weighted by molar-refractivity contribution is -0.140. The highest BCUT2D eigenvalue weighted by Crippen LogP contribution is 2.34. The smallest absolute Gasteiger partial charge is 0.395 e. The minimum atomic E-state index is -4.52. The topological polar surface area (TPSA) is 95.1 Å². The van der Waals surface area contributed by atoms with Crippen molar-refractivity contribution in [1.29, 1.82) is 0 Å². The summed E-state index contributed by atoms with van der Waals surface area (Å²) in [6, 6.07) is 7.62. The summed E-state index contributed by atoms with van der Waals surface area (Å²) in [5, 5.41) is 9.27. The minimum Gasteiger partial charge on any atom is -0.395 e. The number of fused-ring (bicyclic) bond motifs is 1. The molecule has 0 aliphatic heterocycles. The van der Waals surface area contributed by atoms with Gasteiger partial charge in [0.15, 0.2) is 0 Å². The first-order valence-electron chi connectivity index (χ1n) is 7.90. The molecule has 2 heterocycles. The molecule has 0 aliphatic carbocycles. The van der Waals surface area contributed by atoms with E-state index in [2.05, 4.69) is 14.7 Å². The molecule has 152 valence electrons. The fourth-order valence-corrected chi connectivity index (χ4v) is 3.85. The number of aromatic amines is 1. The van der Waals surface area contributed by atoms with Crippen molar-refractivity contribution in [2.75, 3.05) is 6.61 Å². The quantitative estimate of drug-likeness (QED) is 0.573. The van der Waals surface area contributed by atoms with E-state index in [1.807, 2.05) is 0 Å². The molecule has 0 amide bonds. The largest absolute Gasteiger partial charge is 0.431 e. The molecule has 28 heavy (non-hydrogen) atoms. The molecule has 0 bridgehead atoms. The summed E-state index contributed by atoms with van der Waals surface area (Å²) in [6.45, 7) is 1.17. The molecule has 3 aromatic rings. The molecular weight excluding hydrogens is 419 g/mol. The molecule has 0 spiro atoms. The van der Waals surface area contributed by atoms with Crippen LogP contribution < -0.4 is 4.72 Å². The van der Waals surface area contributed by atoms with Gasteiger partial charge in [-0.05, 0) is 42.3 Å². The van der Waals surface area contributed by atoms with E-state index < -0.39 is 27.9 Å². The number of pyridine rings is 1. The number of aliphatic hydroxyl groups excluding tert-OH is 1. The lowest BCUT2D eigenvalue weighted by atomic mass is 10.0. The van der Waals surface area contributed by atoms with Crippen LogP contribution in [0, 0.1) is 0 Å². The second-order valence-electron chi connectivity index (χ2n) is 6.03. The van der Waals surface area contributed by atoms with Crippen LogP contribution in [-0.2, 0) is 16.2 Å². The van der Waals surface area contributed by atoms with Gasteiger partial charge >= 0.3 is 6.18 Å². The molecule has 1 atom stereocenters. The van der Waals surface area contributed by atoms with E-state index in [-0.39, 0.29) is 34.9 Å². The summed E-state index contributed by atoms with van der Waals surface area (Å²) in [5.74, 6) is 0. The summed E-state index contributed by atoms with van der Waals surface area (Å²) >= 11 is 0. The predicted octanol–water partition coefficient (Wildman–Crippen LogP) is 3.33. The first-order valence-corrected chi connectivity index (χ1v) is 9.38. The van der Waals surface area contributed by atoms with Crippen LogP contribution in [0.4, 0.5) is 13.2 Å². The van der Waals surface area contributed by atoms with Gasteiger partial charge in [0.1, 0.15) is 11.3 Å². The van der Waals surface area contributed by atoms with Gasteiger partial charge in [-0.15, -0.1) is 12.4 Å². The third-order valence-corrected chi connectivity index (χ3v) is 5.55. The Morgan fingerprint density at radius 1 is 1.21 bits per heavy atom. The number of halogens is 4. The SMILES string of the molecule is C[C@@H](CO)NS(=O)(=O)c1ccc(-c2ccnc3[nH]c(C(F)(F)F)cc23)cc1.Cl. The van der Waals surface area contributed by atoms with Crippen LogP contribution in [0.3, 0.4) is 0 Å². The zero-order valence-corrected chi connectivity index (χ0v) is 16.1. The highest BCUT2D eigenvalue weighted by atomic mass is 35.5. The van der Waals surface area contributed by atoms with Crippen molar-refractivity contribution in [3.05, 3.63) is 48.3 Å². The minimum absolute atomic E-state index is 0. The van der Waals surface area contributed by atoms with Crippen molar-refractivity contribution in [2.45, 2.75) is 24.0 Å². The van der Waals surface area contributed by atoms with Gasteiger partial charge in [-0.3, -0.25) is 0 Å². The standard InChI is InChI=1S/C17H16F3N3O3S.ClH/c1-10(9-24)23-27(25,26)12-4-2-11(3-5-12)13-6-7-21-16-14(13)8-15(22-16)17(18,19)20;/h2-8,10,23-24H,9H2,1H3,(H,21,22);1H/t10-;/m0./s1. The number of sulfonamides is 1. The molecule has 11 heteroatoms. The van der Waals surface area contributed by atoms with Crippen LogP contribution in [0.15, 0.2) is 47.5 Å². The summed E-state index contributed by atoms with van der Waals surface area (Å²) in [4.78, 5) is 6.15. The summed E-state index contributed by atoms with van der Waals surface area (Å²) in [7, 11) is -3.81. The van der Waals surface area contributed by atoms with E-state index in [0.717, 1.165) is 6.07 Å². The van der Waals surface area contributed by atoms with E-state index in [1.165, 1.54) is 37.4 Å². The highest BCUT2D eigenvalue weighted by molar-refractivity contribution is 7.89. The maximum absolute atomic E-state index is 12.9. The first kappa shape index (κ1) is 22.2. The van der Waals surface area contributed by atoms with Crippen molar-refractivity contribution < 1.29 is 26.7 Å². The number of aliphatic hydroxyl groups is 1. The molecular formula is C17H17ClF3N3O3S. The lowest BCUT2D eigenvalue weighted by Gasteiger charge is -2.12. The van der Waals surface area contributed by atoms with Gasteiger partial charge in [0.25, 0.3) is 0 Å². The number of hydrogen-bond donors (Lipinski definition) is 3. The van der Waals surface area contributed by atoms with Crippen LogP contribution in [0.5, 0.6) is 0 Å². The highest BCUT2D eigenvalue weighted by Gasteiger charge is 2.33. The predicted molar refractivity (Wildman–Crippen MR) is 101 cm³/mol. The summed E-state index contributed by atoms with van der Waals surface area (Å²) < 4.78 is 65.5. The number of nitrogens with zero attached hydrogens (tertiary/aromatic N) is 1. The molecule has 0 radical (unpaired) electrons. The van der Waals surface area contributed by atoms with Crippen molar-refractivity contribution in [1.82, 2.24) is 14.7 Å². The average Bonchev–Trinajstić information content (AvgIpc) is 3.06. The van der Waals surface area contributed by atoms with Crippen LogP contribution in [-0.4, -0.2) is 36.1 Å². The molecule has 0 unspecified atom stereocenters. The normalized spacial score (nSPS) is 13.3. The zero-order valence-electron chi connectivity index (χ0n) is 14.5. The molecule has 0 fully saturated rings. The zero-order chi connectivity index (χ0) is 19.8. The van der Waals surface area contributed by atoms with Crippen LogP contribution in [0.2, 0.25) is 0 Å². The monoisotopic (exact) mass is 435 g/mol. The van der Waals surface area contributed by atoms with Crippen molar-refractivity contribution >= 4 is 33.5 Å². The van der Waals surface area contributed by atoms with E-state index in [4.69, 9.17) is 5.11 Å². The Bertz CT molecular complexity index is 1070. The average molecular weight is 436 g/mol. The number of hydrogen-bond acceptors (Lipinski definition) is 4. The van der Waals surface area contributed by atoms with Crippen LogP contribution in [0.25, 0.3) is 22.2 Å². The van der Waals surface area contributed by atoms with E-state index in [0.29, 0.717) is 11.1 Å². The van der Waals surface area contributed by atoms with Crippen LogP contribution in [0.1, 0.15) is 12.6 Å². The molecule has 0 saturated carbocycles. The molecule has 3 rings (SSSR count). The van der Waals surface area contributed by atoms with Crippen molar-refractivity contribution in [2.24, 2.45) is 0 Å². The fourth-order valence-electron chi connectivity index (χ4n) is 2.62. The molecule has 2 aromatic heterocycles. The van der Waals surface area contributed by atoms with Crippen molar-refractivity contribution in [3.8, 4) is 11.1 Å². The first-order chi connectivity index (χ1) is 12.6. The van der Waals surface area contributed by atoms with E-state index in [1.54, 1.807) is 6.07 Å². The molecule has 1 aromatic carbocycles. The van der Waals surface area contributed by atoms with Gasteiger partial charge in [0, 0.05) is 17.6 Å². The van der Waals surface area contributed by atoms with Gasteiger partial charge in [-0.2, -0.15) is 13.2 Å². The maximum atomic E-state index is 12.9. The van der Waals surface area contributed by atoms with E-state index >= 15 is 0 Å². The molecule has 3 N–H and O–H groups in total. The lowest BCUT2D eigenvalue weighted by Crippen LogP contribution is -2.34. The molecule has 0 saturated heterocycles. The Labute approximate surface area is 165 Å². The summed E-state index contributed by atoms with van der Waals surface area (Å²) in [5.41, 5.74) is 0.227. The Balaban J connectivity index is 0.00000280. The Kier molecular flexibility index (Phi) is 6.39. The third kappa shape index (κ3) is 4.46. The Morgan fingerprint density at radius 3 is 2.43 bits per heavy atom. The Hall–Kier alpha value is -2.14. The van der Waals surface area contributed by atoms with Crippen molar-refractivity contribution in [3.63, 3.8) is 0 Å². The van der Waals surface area contributed by atoms with Gasteiger partial charge in [0.2, 0.25) is 10.0 Å². The van der Waals surface area contributed by atoms with E-state index in [9.17, 15) is 21.6 Å². The Morgan fingerprint density at radius 2 is 1.86 bits per heavy atom.